The van der Waals surface area contributed by atoms with Crippen molar-refractivity contribution in [1.29, 1.82) is 0 Å². The van der Waals surface area contributed by atoms with Crippen LogP contribution < -0.4 is 10.2 Å². The van der Waals surface area contributed by atoms with Crippen LogP contribution in [-0.2, 0) is 11.3 Å². The summed E-state index contributed by atoms with van der Waals surface area (Å²) >= 11 is 0. The normalized spacial score (nSPS) is 19.2. The van der Waals surface area contributed by atoms with Crippen LogP contribution >= 0.6 is 0 Å². The van der Waals surface area contributed by atoms with Gasteiger partial charge in [-0.2, -0.15) is 0 Å². The molecule has 4 rings (SSSR count). The zero-order valence-corrected chi connectivity index (χ0v) is 15.8. The minimum Gasteiger partial charge on any atom is -0.468 e. The standard InChI is InChI=1S/C21H28N4O2/c26-21(17-5-1-2-6-17)23-18-8-9-20(22-15-18)25-11-4-10-24(12-13-25)16-19-7-3-14-27-19/h3,7-9,14-15,17H,1-2,4-6,10-13,16H2,(H,23,26). The lowest BCUT2D eigenvalue weighted by atomic mass is 10.1. The minimum absolute atomic E-state index is 0.144. The molecule has 2 aromatic heterocycles. The smallest absolute Gasteiger partial charge is 0.227 e. The first kappa shape index (κ1) is 18.0. The zero-order valence-electron chi connectivity index (χ0n) is 15.8. The second-order valence-electron chi connectivity index (χ2n) is 7.57. The highest BCUT2D eigenvalue weighted by Gasteiger charge is 2.23. The van der Waals surface area contributed by atoms with Crippen molar-refractivity contribution in [2.45, 2.75) is 38.6 Å². The van der Waals surface area contributed by atoms with Crippen LogP contribution in [0.5, 0.6) is 0 Å². The Bertz CT molecular complexity index is 723. The van der Waals surface area contributed by atoms with Gasteiger partial charge in [0.15, 0.2) is 0 Å². The van der Waals surface area contributed by atoms with E-state index < -0.39 is 0 Å². The molecule has 3 heterocycles. The maximum Gasteiger partial charge on any atom is 0.227 e. The maximum atomic E-state index is 12.3. The van der Waals surface area contributed by atoms with Gasteiger partial charge in [0.2, 0.25) is 5.91 Å². The lowest BCUT2D eigenvalue weighted by Crippen LogP contribution is -2.30. The molecule has 144 valence electrons. The molecule has 0 bridgehead atoms. The van der Waals surface area contributed by atoms with Crippen molar-refractivity contribution in [1.82, 2.24) is 9.88 Å². The van der Waals surface area contributed by atoms with Crippen LogP contribution in [-0.4, -0.2) is 42.0 Å². The number of carbonyl (C=O) groups excluding carboxylic acids is 1. The van der Waals surface area contributed by atoms with Gasteiger partial charge in [-0.25, -0.2) is 4.98 Å². The topological polar surface area (TPSA) is 61.6 Å². The Labute approximate surface area is 160 Å². The number of anilines is 2. The Morgan fingerprint density at radius 1 is 1.11 bits per heavy atom. The Morgan fingerprint density at radius 2 is 2.00 bits per heavy atom. The number of hydrogen-bond acceptors (Lipinski definition) is 5. The van der Waals surface area contributed by atoms with Crippen molar-refractivity contribution in [2.75, 3.05) is 36.4 Å². The molecule has 0 spiro atoms. The molecule has 6 nitrogen and oxygen atoms in total. The van der Waals surface area contributed by atoms with Crippen LogP contribution in [0.3, 0.4) is 0 Å². The summed E-state index contributed by atoms with van der Waals surface area (Å²) in [7, 11) is 0. The van der Waals surface area contributed by atoms with E-state index in [-0.39, 0.29) is 11.8 Å². The molecular formula is C21H28N4O2. The Kier molecular flexibility index (Phi) is 5.72. The number of carbonyl (C=O) groups is 1. The van der Waals surface area contributed by atoms with Crippen LogP contribution in [0.25, 0.3) is 0 Å². The number of nitrogens with zero attached hydrogens (tertiary/aromatic N) is 3. The van der Waals surface area contributed by atoms with E-state index in [0.717, 1.165) is 69.3 Å². The fourth-order valence-corrected chi connectivity index (χ4v) is 4.06. The Balaban J connectivity index is 1.31. The quantitative estimate of drug-likeness (QED) is 0.875. The van der Waals surface area contributed by atoms with Crippen molar-refractivity contribution in [3.05, 3.63) is 42.5 Å². The van der Waals surface area contributed by atoms with Gasteiger partial charge in [-0.05, 0) is 43.5 Å². The van der Waals surface area contributed by atoms with E-state index in [1.165, 1.54) is 12.8 Å². The summed E-state index contributed by atoms with van der Waals surface area (Å²) in [6, 6.07) is 7.96. The van der Waals surface area contributed by atoms with Gasteiger partial charge in [-0.3, -0.25) is 9.69 Å². The van der Waals surface area contributed by atoms with Gasteiger partial charge in [-0.15, -0.1) is 0 Å². The molecule has 1 amide bonds. The van der Waals surface area contributed by atoms with E-state index in [1.54, 1.807) is 12.5 Å². The highest BCUT2D eigenvalue weighted by molar-refractivity contribution is 5.92. The highest BCUT2D eigenvalue weighted by atomic mass is 16.3. The molecule has 0 aromatic carbocycles. The third-order valence-corrected chi connectivity index (χ3v) is 5.61. The average molecular weight is 368 g/mol. The van der Waals surface area contributed by atoms with Crippen molar-refractivity contribution in [3.63, 3.8) is 0 Å². The Morgan fingerprint density at radius 3 is 2.74 bits per heavy atom. The number of rotatable bonds is 5. The van der Waals surface area contributed by atoms with E-state index in [0.29, 0.717) is 0 Å². The fraction of sp³-hybridized carbons (Fsp3) is 0.524. The minimum atomic E-state index is 0.144. The van der Waals surface area contributed by atoms with Gasteiger partial charge in [0.25, 0.3) is 0 Å². The lowest BCUT2D eigenvalue weighted by Gasteiger charge is -2.22. The monoisotopic (exact) mass is 368 g/mol. The summed E-state index contributed by atoms with van der Waals surface area (Å²) in [6.45, 7) is 4.85. The molecule has 1 saturated heterocycles. The number of hydrogen-bond donors (Lipinski definition) is 1. The molecule has 1 aliphatic carbocycles. The third kappa shape index (κ3) is 4.69. The molecular weight excluding hydrogens is 340 g/mol. The maximum absolute atomic E-state index is 12.3. The Hall–Kier alpha value is -2.34. The highest BCUT2D eigenvalue weighted by Crippen LogP contribution is 2.26. The van der Waals surface area contributed by atoms with Gasteiger partial charge in [-0.1, -0.05) is 12.8 Å². The van der Waals surface area contributed by atoms with Gasteiger partial charge in [0.1, 0.15) is 11.6 Å². The third-order valence-electron chi connectivity index (χ3n) is 5.61. The number of aromatic nitrogens is 1. The summed E-state index contributed by atoms with van der Waals surface area (Å²) in [5, 5.41) is 3.02. The second-order valence-corrected chi connectivity index (χ2v) is 7.57. The first-order chi connectivity index (χ1) is 13.3. The van der Waals surface area contributed by atoms with E-state index in [2.05, 4.69) is 20.1 Å². The largest absolute Gasteiger partial charge is 0.468 e. The first-order valence-corrected chi connectivity index (χ1v) is 10.0. The fourth-order valence-electron chi connectivity index (χ4n) is 4.06. The van der Waals surface area contributed by atoms with Crippen molar-refractivity contribution in [3.8, 4) is 0 Å². The van der Waals surface area contributed by atoms with E-state index in [4.69, 9.17) is 4.42 Å². The van der Waals surface area contributed by atoms with Crippen LogP contribution in [0.1, 0.15) is 37.9 Å². The molecule has 0 unspecified atom stereocenters. The molecule has 2 aromatic rings. The number of furan rings is 1. The van der Waals surface area contributed by atoms with Crippen LogP contribution in [0.4, 0.5) is 11.5 Å². The van der Waals surface area contributed by atoms with E-state index in [1.807, 2.05) is 24.3 Å². The lowest BCUT2D eigenvalue weighted by molar-refractivity contribution is -0.119. The van der Waals surface area contributed by atoms with E-state index in [9.17, 15) is 4.79 Å². The van der Waals surface area contributed by atoms with Crippen LogP contribution in [0, 0.1) is 5.92 Å². The van der Waals surface area contributed by atoms with Gasteiger partial charge >= 0.3 is 0 Å². The molecule has 0 radical (unpaired) electrons. The predicted octanol–water partition coefficient (Wildman–Crippen LogP) is 3.52. The molecule has 2 fully saturated rings. The number of nitrogens with one attached hydrogen (secondary N) is 1. The summed E-state index contributed by atoms with van der Waals surface area (Å²) in [5.74, 6) is 2.32. The number of pyridine rings is 1. The van der Waals surface area contributed by atoms with Crippen molar-refractivity contribution >= 4 is 17.4 Å². The number of amides is 1. The van der Waals surface area contributed by atoms with Crippen LogP contribution in [0.15, 0.2) is 41.1 Å². The molecule has 1 saturated carbocycles. The second kappa shape index (κ2) is 8.57. The van der Waals surface area contributed by atoms with Crippen LogP contribution in [0.2, 0.25) is 0 Å². The molecule has 27 heavy (non-hydrogen) atoms. The molecule has 1 N–H and O–H groups in total. The summed E-state index contributed by atoms with van der Waals surface area (Å²) < 4.78 is 5.47. The van der Waals surface area contributed by atoms with Gasteiger partial charge in [0.05, 0.1) is 24.7 Å². The predicted molar refractivity (Wildman–Crippen MR) is 106 cm³/mol. The first-order valence-electron chi connectivity index (χ1n) is 10.0. The molecule has 0 atom stereocenters. The van der Waals surface area contributed by atoms with E-state index >= 15 is 0 Å². The average Bonchev–Trinajstić information content (AvgIpc) is 3.35. The molecule has 6 heteroatoms. The van der Waals surface area contributed by atoms with Crippen molar-refractivity contribution < 1.29 is 9.21 Å². The van der Waals surface area contributed by atoms with Gasteiger partial charge < -0.3 is 14.6 Å². The molecule has 1 aliphatic heterocycles. The SMILES string of the molecule is O=C(Nc1ccc(N2CCCN(Cc3ccco3)CC2)nc1)C1CCCC1. The summed E-state index contributed by atoms with van der Waals surface area (Å²) in [5.41, 5.74) is 0.796. The van der Waals surface area contributed by atoms with Crippen molar-refractivity contribution in [2.24, 2.45) is 5.92 Å². The summed E-state index contributed by atoms with van der Waals surface area (Å²) in [4.78, 5) is 21.6. The molecule has 2 aliphatic rings. The summed E-state index contributed by atoms with van der Waals surface area (Å²) in [6.07, 6.45) is 8.98. The van der Waals surface area contributed by atoms with Gasteiger partial charge in [0, 0.05) is 32.1 Å². The zero-order chi connectivity index (χ0) is 18.5.